The monoisotopic (exact) mass is 244 g/mol. The Morgan fingerprint density at radius 1 is 1.22 bits per heavy atom. The molecule has 2 N–H and O–H groups in total. The predicted molar refractivity (Wildman–Crippen MR) is 69.1 cm³/mol. The number of rotatable bonds is 2. The number of benzene rings is 1. The highest BCUT2D eigenvalue weighted by Crippen LogP contribution is 2.37. The van der Waals surface area contributed by atoms with Gasteiger partial charge in [0.15, 0.2) is 11.6 Å². The summed E-state index contributed by atoms with van der Waals surface area (Å²) in [6.07, 6.45) is 2.12. The van der Waals surface area contributed by atoms with Crippen LogP contribution in [0.3, 0.4) is 0 Å². The van der Waals surface area contributed by atoms with Gasteiger partial charge in [0.1, 0.15) is 0 Å². The largest absolute Gasteiger partial charge is 0.381 e. The van der Waals surface area contributed by atoms with Crippen molar-refractivity contribution in [1.29, 1.82) is 0 Å². The van der Waals surface area contributed by atoms with Crippen molar-refractivity contribution in [2.24, 2.45) is 0 Å². The van der Waals surface area contributed by atoms with Crippen molar-refractivity contribution < 1.29 is 9.26 Å². The molecule has 0 bridgehead atoms. The van der Waals surface area contributed by atoms with Gasteiger partial charge in [0.25, 0.3) is 0 Å². The number of ether oxygens (including phenoxy) is 1. The second-order valence-electron chi connectivity index (χ2n) is 4.59. The minimum absolute atomic E-state index is 0.263. The van der Waals surface area contributed by atoms with Crippen LogP contribution < -0.4 is 5.73 Å². The number of nitrogens with two attached hydrogens (primary N) is 1. The highest BCUT2D eigenvalue weighted by molar-refractivity contribution is 5.75. The zero-order chi connectivity index (χ0) is 12.4. The third-order valence-corrected chi connectivity index (χ3v) is 3.34. The molecule has 1 aromatic carbocycles. The maximum atomic E-state index is 5.93. The Bertz CT molecular complexity index is 516. The second kappa shape index (κ2) is 4.82. The molecule has 0 spiro atoms. The van der Waals surface area contributed by atoms with E-state index in [0.717, 1.165) is 36.3 Å². The van der Waals surface area contributed by atoms with Crippen molar-refractivity contribution in [2.45, 2.75) is 18.8 Å². The number of hydrogen-bond donors (Lipinski definition) is 1. The van der Waals surface area contributed by atoms with E-state index in [9.17, 15) is 0 Å². The molecule has 18 heavy (non-hydrogen) atoms. The first-order chi connectivity index (χ1) is 8.86. The van der Waals surface area contributed by atoms with Gasteiger partial charge in [0, 0.05) is 12.5 Å². The number of hydrogen-bond acceptors (Lipinski definition) is 4. The first-order valence-electron chi connectivity index (χ1n) is 6.24. The molecule has 0 amide bonds. The van der Waals surface area contributed by atoms with Crippen molar-refractivity contribution >= 4 is 5.82 Å². The summed E-state index contributed by atoms with van der Waals surface area (Å²) in [6, 6.07) is 10.0. The average Bonchev–Trinajstić information content (AvgIpc) is 2.83. The smallest absolute Gasteiger partial charge is 0.175 e. The Labute approximate surface area is 106 Å². The van der Waals surface area contributed by atoms with E-state index in [2.05, 4.69) is 5.16 Å². The van der Waals surface area contributed by atoms with Crippen molar-refractivity contribution in [3.8, 4) is 11.1 Å². The molecule has 1 aromatic heterocycles. The molecule has 1 aliphatic rings. The molecule has 1 unspecified atom stereocenters. The zero-order valence-electron chi connectivity index (χ0n) is 10.1. The molecular weight excluding hydrogens is 228 g/mol. The molecule has 2 aromatic rings. The maximum absolute atomic E-state index is 5.93. The topological polar surface area (TPSA) is 61.3 Å². The first kappa shape index (κ1) is 11.3. The second-order valence-corrected chi connectivity index (χ2v) is 4.59. The van der Waals surface area contributed by atoms with Crippen LogP contribution in [0.5, 0.6) is 0 Å². The highest BCUT2D eigenvalue weighted by Gasteiger charge is 2.26. The zero-order valence-corrected chi connectivity index (χ0v) is 10.1. The summed E-state index contributed by atoms with van der Waals surface area (Å²) >= 11 is 0. The third-order valence-electron chi connectivity index (χ3n) is 3.34. The minimum Gasteiger partial charge on any atom is -0.381 e. The van der Waals surface area contributed by atoms with Crippen LogP contribution >= 0.6 is 0 Å². The fourth-order valence-electron chi connectivity index (χ4n) is 2.44. The van der Waals surface area contributed by atoms with Crippen molar-refractivity contribution in [1.82, 2.24) is 5.16 Å². The molecule has 3 rings (SSSR count). The van der Waals surface area contributed by atoms with Gasteiger partial charge in [-0.2, -0.15) is 0 Å². The van der Waals surface area contributed by atoms with Gasteiger partial charge in [-0.1, -0.05) is 35.5 Å². The van der Waals surface area contributed by atoms with Crippen LogP contribution in [0.15, 0.2) is 34.9 Å². The standard InChI is InChI=1S/C14H16N2O2/c15-14-12(10-5-2-1-3-6-10)13(18-16-14)11-7-4-8-17-9-11/h1-3,5-6,11H,4,7-9H2,(H2,15,16). The maximum Gasteiger partial charge on any atom is 0.175 e. The van der Waals surface area contributed by atoms with E-state index in [1.165, 1.54) is 0 Å². The Morgan fingerprint density at radius 3 is 2.78 bits per heavy atom. The van der Waals surface area contributed by atoms with E-state index >= 15 is 0 Å². The van der Waals surface area contributed by atoms with Gasteiger partial charge >= 0.3 is 0 Å². The van der Waals surface area contributed by atoms with Crippen LogP contribution in [0.4, 0.5) is 5.82 Å². The molecule has 1 atom stereocenters. The molecule has 4 heteroatoms. The summed E-state index contributed by atoms with van der Waals surface area (Å²) in [4.78, 5) is 0. The normalized spacial score (nSPS) is 19.9. The Balaban J connectivity index is 2.01. The van der Waals surface area contributed by atoms with Gasteiger partial charge in [0.2, 0.25) is 0 Å². The summed E-state index contributed by atoms with van der Waals surface area (Å²) < 4.78 is 10.9. The fourth-order valence-corrected chi connectivity index (χ4v) is 2.44. The Kier molecular flexibility index (Phi) is 3.02. The number of nitrogens with zero attached hydrogens (tertiary/aromatic N) is 1. The Hall–Kier alpha value is -1.81. The highest BCUT2D eigenvalue weighted by atomic mass is 16.5. The molecule has 94 valence electrons. The molecule has 1 aliphatic heterocycles. The van der Waals surface area contributed by atoms with Crippen LogP contribution in [0.25, 0.3) is 11.1 Å². The van der Waals surface area contributed by atoms with E-state index < -0.39 is 0 Å². The number of nitrogen functional groups attached to an aromatic ring is 1. The molecule has 4 nitrogen and oxygen atoms in total. The van der Waals surface area contributed by atoms with Crippen LogP contribution in [-0.2, 0) is 4.74 Å². The Morgan fingerprint density at radius 2 is 2.06 bits per heavy atom. The summed E-state index contributed by atoms with van der Waals surface area (Å²) in [7, 11) is 0. The lowest BCUT2D eigenvalue weighted by atomic mass is 9.93. The van der Waals surface area contributed by atoms with Gasteiger partial charge in [0.05, 0.1) is 12.2 Å². The molecular formula is C14H16N2O2. The summed E-state index contributed by atoms with van der Waals surface area (Å²) in [6.45, 7) is 1.52. The lowest BCUT2D eigenvalue weighted by Crippen LogP contribution is -2.15. The quantitative estimate of drug-likeness (QED) is 0.882. The lowest BCUT2D eigenvalue weighted by Gasteiger charge is -2.20. The molecule has 1 saturated heterocycles. The van der Waals surface area contributed by atoms with E-state index in [4.69, 9.17) is 15.0 Å². The van der Waals surface area contributed by atoms with Gasteiger partial charge in [-0.15, -0.1) is 0 Å². The summed E-state index contributed by atoms with van der Waals surface area (Å²) in [5.74, 6) is 1.58. The number of aromatic nitrogens is 1. The lowest BCUT2D eigenvalue weighted by molar-refractivity contribution is 0.0723. The molecule has 1 fully saturated rings. The van der Waals surface area contributed by atoms with E-state index in [0.29, 0.717) is 12.4 Å². The molecule has 2 heterocycles. The van der Waals surface area contributed by atoms with Crippen LogP contribution in [0, 0.1) is 0 Å². The fraction of sp³-hybridized carbons (Fsp3) is 0.357. The van der Waals surface area contributed by atoms with Gasteiger partial charge in [-0.3, -0.25) is 0 Å². The summed E-state index contributed by atoms with van der Waals surface area (Å²) in [5.41, 5.74) is 7.91. The van der Waals surface area contributed by atoms with Gasteiger partial charge in [-0.25, -0.2) is 0 Å². The van der Waals surface area contributed by atoms with Crippen molar-refractivity contribution in [3.05, 3.63) is 36.1 Å². The predicted octanol–water partition coefficient (Wildman–Crippen LogP) is 2.82. The van der Waals surface area contributed by atoms with Gasteiger partial charge < -0.3 is 15.0 Å². The molecule has 0 aliphatic carbocycles. The van der Waals surface area contributed by atoms with Crippen molar-refractivity contribution in [2.75, 3.05) is 18.9 Å². The first-order valence-corrected chi connectivity index (χ1v) is 6.24. The summed E-state index contributed by atoms with van der Waals surface area (Å²) in [5, 5.41) is 3.92. The SMILES string of the molecule is Nc1noc(C2CCCOC2)c1-c1ccccc1. The van der Waals surface area contributed by atoms with Crippen LogP contribution in [0.1, 0.15) is 24.5 Å². The van der Waals surface area contributed by atoms with E-state index in [-0.39, 0.29) is 5.92 Å². The average molecular weight is 244 g/mol. The molecule has 0 saturated carbocycles. The van der Waals surface area contributed by atoms with E-state index in [1.54, 1.807) is 0 Å². The third kappa shape index (κ3) is 1.99. The van der Waals surface area contributed by atoms with E-state index in [1.807, 2.05) is 30.3 Å². The van der Waals surface area contributed by atoms with Crippen molar-refractivity contribution in [3.63, 3.8) is 0 Å². The minimum atomic E-state index is 0.263. The van der Waals surface area contributed by atoms with Gasteiger partial charge in [-0.05, 0) is 18.4 Å². The molecule has 0 radical (unpaired) electrons. The van der Waals surface area contributed by atoms with Crippen LogP contribution in [-0.4, -0.2) is 18.4 Å². The number of anilines is 1. The van der Waals surface area contributed by atoms with Crippen LogP contribution in [0.2, 0.25) is 0 Å².